The van der Waals surface area contributed by atoms with Crippen molar-refractivity contribution in [1.82, 2.24) is 25.5 Å². The summed E-state index contributed by atoms with van der Waals surface area (Å²) in [6, 6.07) is 0. The zero-order chi connectivity index (χ0) is 10.1. The van der Waals surface area contributed by atoms with E-state index >= 15 is 0 Å². The number of nitrogens with zero attached hydrogens (tertiary/aromatic N) is 4. The lowest BCUT2D eigenvalue weighted by Crippen LogP contribution is -2.30. The van der Waals surface area contributed by atoms with Gasteiger partial charge in [0, 0.05) is 19.0 Å². The Hall–Kier alpha value is -0.970. The second kappa shape index (κ2) is 3.89. The number of aromatic nitrogens is 4. The Bertz CT molecular complexity index is 324. The second-order valence-corrected chi connectivity index (χ2v) is 4.71. The van der Waals surface area contributed by atoms with E-state index in [1.165, 1.54) is 25.7 Å². The van der Waals surface area contributed by atoms with Crippen molar-refractivity contribution < 1.29 is 0 Å². The predicted molar refractivity (Wildman–Crippen MR) is 55.4 cm³/mol. The molecule has 0 spiro atoms. The molecule has 3 rings (SSSR count). The smallest absolute Gasteiger partial charge is 0.155 e. The van der Waals surface area contributed by atoms with Crippen LogP contribution in [0.2, 0.25) is 0 Å². The van der Waals surface area contributed by atoms with Crippen molar-refractivity contribution in [2.45, 2.75) is 38.1 Å². The fourth-order valence-electron chi connectivity index (χ4n) is 2.25. The van der Waals surface area contributed by atoms with E-state index in [0.29, 0.717) is 5.92 Å². The van der Waals surface area contributed by atoms with Gasteiger partial charge in [-0.05, 0) is 48.6 Å². The molecule has 0 aromatic carbocycles. The number of hydrogen-bond donors (Lipinski definition) is 1. The Labute approximate surface area is 89.2 Å². The summed E-state index contributed by atoms with van der Waals surface area (Å²) in [5.74, 6) is 2.45. The molecule has 1 aromatic heterocycles. The highest BCUT2D eigenvalue weighted by Crippen LogP contribution is 2.31. The molecule has 2 fully saturated rings. The Morgan fingerprint density at radius 1 is 1.33 bits per heavy atom. The van der Waals surface area contributed by atoms with Crippen LogP contribution in [0.4, 0.5) is 0 Å². The van der Waals surface area contributed by atoms with Gasteiger partial charge in [-0.3, -0.25) is 0 Å². The molecular formula is C10H17N5. The Balaban J connectivity index is 1.73. The number of nitrogens with one attached hydrogen (secondary N) is 1. The molecule has 1 unspecified atom stereocenters. The molecular weight excluding hydrogens is 190 g/mol. The van der Waals surface area contributed by atoms with Crippen LogP contribution >= 0.6 is 0 Å². The van der Waals surface area contributed by atoms with E-state index in [1.54, 1.807) is 0 Å². The normalized spacial score (nSPS) is 26.8. The summed E-state index contributed by atoms with van der Waals surface area (Å²) in [4.78, 5) is 0. The van der Waals surface area contributed by atoms with Gasteiger partial charge in [-0.2, -0.15) is 0 Å². The van der Waals surface area contributed by atoms with E-state index in [2.05, 4.69) is 20.8 Å². The lowest BCUT2D eigenvalue weighted by molar-refractivity contribution is 0.416. The van der Waals surface area contributed by atoms with Gasteiger partial charge in [0.15, 0.2) is 5.82 Å². The predicted octanol–water partition coefficient (Wildman–Crippen LogP) is 0.550. The number of piperidine rings is 1. The van der Waals surface area contributed by atoms with Crippen LogP contribution in [0.25, 0.3) is 0 Å². The maximum atomic E-state index is 4.18. The summed E-state index contributed by atoms with van der Waals surface area (Å²) in [7, 11) is 0. The summed E-state index contributed by atoms with van der Waals surface area (Å²) in [5.41, 5.74) is 0. The fraction of sp³-hybridized carbons (Fsp3) is 0.900. The van der Waals surface area contributed by atoms with Gasteiger partial charge in [0.1, 0.15) is 0 Å². The van der Waals surface area contributed by atoms with Crippen molar-refractivity contribution in [3.8, 4) is 0 Å². The third-order valence-electron chi connectivity index (χ3n) is 3.35. The van der Waals surface area contributed by atoms with Gasteiger partial charge in [0.05, 0.1) is 0 Å². The Kier molecular flexibility index (Phi) is 2.40. The highest BCUT2D eigenvalue weighted by molar-refractivity contribution is 4.97. The van der Waals surface area contributed by atoms with Crippen LogP contribution in [-0.2, 0) is 6.54 Å². The lowest BCUT2D eigenvalue weighted by atomic mass is 9.99. The molecule has 1 atom stereocenters. The van der Waals surface area contributed by atoms with E-state index in [0.717, 1.165) is 31.4 Å². The summed E-state index contributed by atoms with van der Waals surface area (Å²) in [6.07, 6.45) is 5.16. The first-order chi connectivity index (χ1) is 7.43. The summed E-state index contributed by atoms with van der Waals surface area (Å²) in [6.45, 7) is 3.20. The minimum atomic E-state index is 0.521. The molecule has 5 heteroatoms. The molecule has 0 bridgehead atoms. The molecule has 2 heterocycles. The number of hydrogen-bond acceptors (Lipinski definition) is 4. The standard InChI is InChI=1S/C10H17N5/c1-2-9(6-11-5-1)10-12-13-14-15(10)7-8-3-4-8/h8-9,11H,1-7H2. The molecule has 1 aliphatic heterocycles. The summed E-state index contributed by atoms with van der Waals surface area (Å²) in [5, 5.41) is 15.5. The van der Waals surface area contributed by atoms with Gasteiger partial charge >= 0.3 is 0 Å². The molecule has 1 saturated carbocycles. The van der Waals surface area contributed by atoms with E-state index < -0.39 is 0 Å². The van der Waals surface area contributed by atoms with Gasteiger partial charge < -0.3 is 5.32 Å². The van der Waals surface area contributed by atoms with Gasteiger partial charge in [0.25, 0.3) is 0 Å². The van der Waals surface area contributed by atoms with Gasteiger partial charge in [-0.15, -0.1) is 5.10 Å². The van der Waals surface area contributed by atoms with Crippen molar-refractivity contribution >= 4 is 0 Å². The molecule has 1 saturated heterocycles. The minimum Gasteiger partial charge on any atom is -0.316 e. The van der Waals surface area contributed by atoms with Crippen molar-refractivity contribution in [1.29, 1.82) is 0 Å². The van der Waals surface area contributed by atoms with Gasteiger partial charge in [0.2, 0.25) is 0 Å². The first-order valence-corrected chi connectivity index (χ1v) is 5.90. The molecule has 2 aliphatic rings. The van der Waals surface area contributed by atoms with Crippen LogP contribution in [0.5, 0.6) is 0 Å². The molecule has 82 valence electrons. The van der Waals surface area contributed by atoms with Gasteiger partial charge in [-0.1, -0.05) is 0 Å². The Morgan fingerprint density at radius 3 is 3.00 bits per heavy atom. The SMILES string of the molecule is C1CNCC(c2nnnn2CC2CC2)C1. The second-order valence-electron chi connectivity index (χ2n) is 4.71. The largest absolute Gasteiger partial charge is 0.316 e. The Morgan fingerprint density at radius 2 is 2.27 bits per heavy atom. The van der Waals surface area contributed by atoms with E-state index in [9.17, 15) is 0 Å². The number of rotatable bonds is 3. The average Bonchev–Trinajstić information content (AvgIpc) is 2.96. The lowest BCUT2D eigenvalue weighted by Gasteiger charge is -2.21. The third kappa shape index (κ3) is 2.02. The quantitative estimate of drug-likeness (QED) is 0.786. The molecule has 15 heavy (non-hydrogen) atoms. The van der Waals surface area contributed by atoms with Crippen LogP contribution in [0.3, 0.4) is 0 Å². The minimum absolute atomic E-state index is 0.521. The van der Waals surface area contributed by atoms with Crippen molar-refractivity contribution in [2.24, 2.45) is 5.92 Å². The van der Waals surface area contributed by atoms with Crippen LogP contribution in [0, 0.1) is 5.92 Å². The van der Waals surface area contributed by atoms with E-state index in [4.69, 9.17) is 0 Å². The van der Waals surface area contributed by atoms with Gasteiger partial charge in [-0.25, -0.2) is 4.68 Å². The molecule has 1 aliphatic carbocycles. The molecule has 1 N–H and O–H groups in total. The number of tetrazole rings is 1. The topological polar surface area (TPSA) is 55.6 Å². The summed E-state index contributed by atoms with van der Waals surface area (Å²) >= 11 is 0. The average molecular weight is 207 g/mol. The van der Waals surface area contributed by atoms with Crippen LogP contribution in [0.15, 0.2) is 0 Å². The molecule has 0 radical (unpaired) electrons. The van der Waals surface area contributed by atoms with E-state index in [1.807, 2.05) is 4.68 Å². The van der Waals surface area contributed by atoms with Crippen molar-refractivity contribution in [3.05, 3.63) is 5.82 Å². The zero-order valence-corrected chi connectivity index (χ0v) is 8.89. The van der Waals surface area contributed by atoms with E-state index in [-0.39, 0.29) is 0 Å². The molecule has 0 amide bonds. The summed E-state index contributed by atoms with van der Waals surface area (Å²) < 4.78 is 2.02. The third-order valence-corrected chi connectivity index (χ3v) is 3.35. The van der Waals surface area contributed by atoms with Crippen molar-refractivity contribution in [2.75, 3.05) is 13.1 Å². The highest BCUT2D eigenvalue weighted by atomic mass is 15.5. The highest BCUT2D eigenvalue weighted by Gasteiger charge is 2.26. The first kappa shape index (κ1) is 9.27. The molecule has 5 nitrogen and oxygen atoms in total. The monoisotopic (exact) mass is 207 g/mol. The van der Waals surface area contributed by atoms with Crippen LogP contribution in [-0.4, -0.2) is 33.3 Å². The zero-order valence-electron chi connectivity index (χ0n) is 8.89. The van der Waals surface area contributed by atoms with Crippen molar-refractivity contribution in [3.63, 3.8) is 0 Å². The van der Waals surface area contributed by atoms with Crippen LogP contribution in [0.1, 0.15) is 37.4 Å². The first-order valence-electron chi connectivity index (χ1n) is 5.90. The maximum Gasteiger partial charge on any atom is 0.155 e. The maximum absolute atomic E-state index is 4.18. The van der Waals surface area contributed by atoms with Crippen LogP contribution < -0.4 is 5.32 Å². The molecule has 1 aromatic rings. The fourth-order valence-corrected chi connectivity index (χ4v) is 2.25.